The summed E-state index contributed by atoms with van der Waals surface area (Å²) in [7, 11) is 3.46. The summed E-state index contributed by atoms with van der Waals surface area (Å²) in [5.74, 6) is -0.261. The Hall–Kier alpha value is -3.03. The Morgan fingerprint density at radius 2 is 1.80 bits per heavy atom. The summed E-state index contributed by atoms with van der Waals surface area (Å²) in [6.07, 6.45) is -3.70. The quantitative estimate of drug-likeness (QED) is 0.794. The first-order valence-corrected chi connectivity index (χ1v) is 7.32. The van der Waals surface area contributed by atoms with E-state index >= 15 is 0 Å². The van der Waals surface area contributed by atoms with Crippen LogP contribution in [0.1, 0.15) is 5.76 Å². The lowest BCUT2D eigenvalue weighted by Crippen LogP contribution is -2.25. The average molecular weight is 349 g/mol. The predicted molar refractivity (Wildman–Crippen MR) is 88.4 cm³/mol. The van der Waals surface area contributed by atoms with Crippen LogP contribution in [-0.4, -0.2) is 31.9 Å². The van der Waals surface area contributed by atoms with Gasteiger partial charge in [0.15, 0.2) is 11.6 Å². The number of para-hydroxylation sites is 1. The third-order valence-electron chi connectivity index (χ3n) is 3.49. The fraction of sp³-hybridized carbons (Fsp3) is 0.176. The molecule has 0 aliphatic carbocycles. The third kappa shape index (κ3) is 3.28. The minimum absolute atomic E-state index is 0.138. The van der Waals surface area contributed by atoms with Gasteiger partial charge in [0.2, 0.25) is 0 Å². The molecule has 2 aromatic rings. The highest BCUT2D eigenvalue weighted by molar-refractivity contribution is 6.34. The van der Waals surface area contributed by atoms with Crippen molar-refractivity contribution in [2.45, 2.75) is 6.18 Å². The number of carbonyl (C=O) groups is 1. The summed E-state index contributed by atoms with van der Waals surface area (Å²) in [6, 6.07) is 11.0. The highest BCUT2D eigenvalue weighted by atomic mass is 19.4. The van der Waals surface area contributed by atoms with Crippen molar-refractivity contribution in [3.8, 4) is 0 Å². The fourth-order valence-electron chi connectivity index (χ4n) is 2.30. The molecule has 1 aromatic carbocycles. The van der Waals surface area contributed by atoms with Gasteiger partial charge in [0.25, 0.3) is 5.91 Å². The molecule has 1 aromatic heterocycles. The molecule has 1 aliphatic heterocycles. The number of rotatable bonds is 3. The smallest absolute Gasteiger partial charge is 0.435 e. The number of hydrazone groups is 1. The summed E-state index contributed by atoms with van der Waals surface area (Å²) >= 11 is 0. The molecule has 0 fully saturated rings. The van der Waals surface area contributed by atoms with Gasteiger partial charge in [-0.15, -0.1) is 0 Å². The van der Waals surface area contributed by atoms with E-state index in [-0.39, 0.29) is 11.4 Å². The van der Waals surface area contributed by atoms with Crippen LogP contribution in [0.5, 0.6) is 0 Å². The largest absolute Gasteiger partial charge is 0.441 e. The molecule has 25 heavy (non-hydrogen) atoms. The third-order valence-corrected chi connectivity index (χ3v) is 3.49. The summed E-state index contributed by atoms with van der Waals surface area (Å²) < 4.78 is 45.4. The zero-order valence-electron chi connectivity index (χ0n) is 13.4. The molecule has 0 radical (unpaired) electrons. The van der Waals surface area contributed by atoms with Crippen LogP contribution >= 0.6 is 0 Å². The number of alkyl halides is 3. The Bertz CT molecular complexity index is 852. The lowest BCUT2D eigenvalue weighted by atomic mass is 10.1. The molecule has 130 valence electrons. The molecule has 5 nitrogen and oxygen atoms in total. The number of hydrogen-bond donors (Lipinski definition) is 0. The van der Waals surface area contributed by atoms with Gasteiger partial charge in [0.1, 0.15) is 5.76 Å². The maximum absolute atomic E-state index is 13.3. The van der Waals surface area contributed by atoms with Gasteiger partial charge < -0.3 is 9.32 Å². The van der Waals surface area contributed by atoms with Crippen LogP contribution in [0.25, 0.3) is 6.08 Å². The van der Waals surface area contributed by atoms with E-state index in [1.54, 1.807) is 43.3 Å². The van der Waals surface area contributed by atoms with Gasteiger partial charge in [-0.3, -0.25) is 4.79 Å². The van der Waals surface area contributed by atoms with E-state index in [9.17, 15) is 18.0 Å². The van der Waals surface area contributed by atoms with Gasteiger partial charge in [0, 0.05) is 20.2 Å². The lowest BCUT2D eigenvalue weighted by molar-refractivity contribution is -0.114. The molecule has 1 aliphatic rings. The molecule has 0 bridgehead atoms. The van der Waals surface area contributed by atoms with Crippen molar-refractivity contribution in [3.05, 3.63) is 53.8 Å². The SMILES string of the molecule is CN(C)c1ccc(/C=C2\C(=O)N(c3ccccc3)N=C2C(F)(F)F)o1. The van der Waals surface area contributed by atoms with Crippen LogP contribution < -0.4 is 9.91 Å². The van der Waals surface area contributed by atoms with E-state index in [2.05, 4.69) is 5.10 Å². The molecule has 3 rings (SSSR count). The van der Waals surface area contributed by atoms with Gasteiger partial charge >= 0.3 is 6.18 Å². The van der Waals surface area contributed by atoms with Crippen molar-refractivity contribution < 1.29 is 22.4 Å². The van der Waals surface area contributed by atoms with Crippen molar-refractivity contribution in [2.24, 2.45) is 5.10 Å². The van der Waals surface area contributed by atoms with Gasteiger partial charge in [-0.2, -0.15) is 23.3 Å². The Balaban J connectivity index is 2.03. The number of carbonyl (C=O) groups excluding carboxylic acids is 1. The second-order valence-corrected chi connectivity index (χ2v) is 5.53. The molecular weight excluding hydrogens is 335 g/mol. The normalized spacial score (nSPS) is 16.5. The van der Waals surface area contributed by atoms with Crippen molar-refractivity contribution >= 4 is 29.3 Å². The molecule has 0 saturated carbocycles. The van der Waals surface area contributed by atoms with Crippen molar-refractivity contribution in [3.63, 3.8) is 0 Å². The molecule has 0 spiro atoms. The van der Waals surface area contributed by atoms with E-state index < -0.39 is 23.4 Å². The summed E-state index contributed by atoms with van der Waals surface area (Å²) in [6.45, 7) is 0. The van der Waals surface area contributed by atoms with Crippen LogP contribution in [0.4, 0.5) is 24.7 Å². The fourth-order valence-corrected chi connectivity index (χ4v) is 2.30. The Kier molecular flexibility index (Phi) is 4.12. The summed E-state index contributed by atoms with van der Waals surface area (Å²) in [4.78, 5) is 14.2. The van der Waals surface area contributed by atoms with Crippen LogP contribution in [0.15, 0.2) is 57.6 Å². The molecule has 0 atom stereocenters. The number of anilines is 2. The molecule has 0 unspecified atom stereocenters. The number of furan rings is 1. The zero-order valence-corrected chi connectivity index (χ0v) is 13.4. The average Bonchev–Trinajstić information content (AvgIpc) is 3.14. The molecule has 8 heteroatoms. The topological polar surface area (TPSA) is 49.1 Å². The first-order chi connectivity index (χ1) is 11.8. The highest BCUT2D eigenvalue weighted by Gasteiger charge is 2.46. The standard InChI is InChI=1S/C17H14F3N3O2/c1-22(2)14-9-8-12(25-14)10-13-15(17(18,19)20)21-23(16(13)24)11-6-4-3-5-7-11/h3-10H,1-2H3/b13-10-. The Morgan fingerprint density at radius 1 is 1.12 bits per heavy atom. The number of benzene rings is 1. The first kappa shape index (κ1) is 16.8. The van der Waals surface area contributed by atoms with Gasteiger partial charge in [-0.05, 0) is 24.3 Å². The highest BCUT2D eigenvalue weighted by Crippen LogP contribution is 2.33. The van der Waals surface area contributed by atoms with E-state index in [0.29, 0.717) is 5.88 Å². The maximum Gasteiger partial charge on any atom is 0.435 e. The zero-order chi connectivity index (χ0) is 18.2. The van der Waals surface area contributed by atoms with Crippen LogP contribution in [0, 0.1) is 0 Å². The minimum atomic E-state index is -4.76. The van der Waals surface area contributed by atoms with E-state index in [0.717, 1.165) is 11.1 Å². The first-order valence-electron chi connectivity index (χ1n) is 7.32. The Labute approximate surface area is 141 Å². The van der Waals surface area contributed by atoms with Crippen molar-refractivity contribution in [1.29, 1.82) is 0 Å². The number of halogens is 3. The molecule has 0 saturated heterocycles. The van der Waals surface area contributed by atoms with Crippen molar-refractivity contribution in [2.75, 3.05) is 24.0 Å². The van der Waals surface area contributed by atoms with Crippen LogP contribution in [0.2, 0.25) is 0 Å². The second-order valence-electron chi connectivity index (χ2n) is 5.53. The van der Waals surface area contributed by atoms with E-state index in [1.165, 1.54) is 18.2 Å². The van der Waals surface area contributed by atoms with E-state index in [1.807, 2.05) is 0 Å². The van der Waals surface area contributed by atoms with Crippen LogP contribution in [-0.2, 0) is 4.79 Å². The van der Waals surface area contributed by atoms with Gasteiger partial charge in [0.05, 0.1) is 11.3 Å². The number of nitrogens with zero attached hydrogens (tertiary/aromatic N) is 3. The molecular formula is C17H14F3N3O2. The molecule has 2 heterocycles. The van der Waals surface area contributed by atoms with Crippen LogP contribution in [0.3, 0.4) is 0 Å². The second kappa shape index (κ2) is 6.12. The van der Waals surface area contributed by atoms with E-state index in [4.69, 9.17) is 4.42 Å². The molecule has 0 N–H and O–H groups in total. The monoisotopic (exact) mass is 349 g/mol. The predicted octanol–water partition coefficient (Wildman–Crippen LogP) is 3.69. The van der Waals surface area contributed by atoms with Gasteiger partial charge in [-0.1, -0.05) is 18.2 Å². The minimum Gasteiger partial charge on any atom is -0.441 e. The molecule has 1 amide bonds. The Morgan fingerprint density at radius 3 is 2.36 bits per heavy atom. The lowest BCUT2D eigenvalue weighted by Gasteiger charge is -2.10. The summed E-state index contributed by atoms with van der Waals surface area (Å²) in [5.41, 5.74) is -1.55. The number of amides is 1. The van der Waals surface area contributed by atoms with Crippen molar-refractivity contribution in [1.82, 2.24) is 0 Å². The maximum atomic E-state index is 13.3. The number of hydrogen-bond acceptors (Lipinski definition) is 4. The summed E-state index contributed by atoms with van der Waals surface area (Å²) in [5, 5.41) is 4.23. The van der Waals surface area contributed by atoms with Gasteiger partial charge in [-0.25, -0.2) is 0 Å².